The van der Waals surface area contributed by atoms with Crippen molar-refractivity contribution in [1.29, 1.82) is 0 Å². The Bertz CT molecular complexity index is 1600. The summed E-state index contributed by atoms with van der Waals surface area (Å²) in [6, 6.07) is 2.71. The van der Waals surface area contributed by atoms with Gasteiger partial charge in [0.1, 0.15) is 23.5 Å². The summed E-state index contributed by atoms with van der Waals surface area (Å²) in [5.41, 5.74) is -0.659. The Morgan fingerprint density at radius 2 is 1.54 bits per heavy atom. The molecule has 1 spiro atoms. The number of likely N-dealkylation sites (tertiary alicyclic amines) is 1. The molecule has 2 fully saturated rings. The fourth-order valence-electron chi connectivity index (χ4n) is 8.56. The second-order valence-corrected chi connectivity index (χ2v) is 18.7. The Kier molecular flexibility index (Phi) is 17.9. The largest absolute Gasteiger partial charge is 0.458 e. The summed E-state index contributed by atoms with van der Waals surface area (Å²) in [5.74, 6) is -3.43. The minimum Gasteiger partial charge on any atom is -0.458 e. The van der Waals surface area contributed by atoms with Crippen molar-refractivity contribution in [2.24, 2.45) is 29.1 Å². The first-order valence-electron chi connectivity index (χ1n) is 21.4. The number of amides is 4. The molecule has 9 atom stereocenters. The zero-order valence-electron chi connectivity index (χ0n) is 38.1. The zero-order valence-corrected chi connectivity index (χ0v) is 38.1. The molecule has 0 unspecified atom stereocenters. The van der Waals surface area contributed by atoms with Crippen molar-refractivity contribution in [2.45, 2.75) is 156 Å². The van der Waals surface area contributed by atoms with Gasteiger partial charge in [0, 0.05) is 34.2 Å². The lowest BCUT2D eigenvalue weighted by Gasteiger charge is -2.41. The second kappa shape index (κ2) is 21.3. The van der Waals surface area contributed by atoms with Crippen LogP contribution in [0, 0.1) is 34.9 Å². The number of rotatable bonds is 21. The predicted molar refractivity (Wildman–Crippen MR) is 226 cm³/mol. The monoisotopic (exact) mass is 832 g/mol. The molecule has 3 rings (SSSR count). The number of carbonyl (C=O) groups is 5. The summed E-state index contributed by atoms with van der Waals surface area (Å²) in [5, 5.41) is 8.86. The van der Waals surface area contributed by atoms with Gasteiger partial charge in [-0.25, -0.2) is 9.18 Å². The number of nitrogens with one attached hydrogen (secondary N) is 3. The molecule has 14 heteroatoms. The fraction of sp³-hybridized carbons (Fsp3) is 0.756. The van der Waals surface area contributed by atoms with Crippen molar-refractivity contribution in [3.8, 4) is 0 Å². The van der Waals surface area contributed by atoms with Crippen molar-refractivity contribution in [1.82, 2.24) is 25.8 Å². The van der Waals surface area contributed by atoms with Gasteiger partial charge in [-0.3, -0.25) is 19.2 Å². The highest BCUT2D eigenvalue weighted by Gasteiger charge is 2.56. The van der Waals surface area contributed by atoms with Crippen LogP contribution < -0.4 is 16.0 Å². The summed E-state index contributed by atoms with van der Waals surface area (Å²) >= 11 is 0. The van der Waals surface area contributed by atoms with E-state index in [1.807, 2.05) is 46.4 Å². The van der Waals surface area contributed by atoms with Gasteiger partial charge in [-0.1, -0.05) is 73.1 Å². The van der Waals surface area contributed by atoms with Crippen LogP contribution in [0.15, 0.2) is 24.3 Å². The maximum atomic E-state index is 14.8. The molecule has 1 aromatic carbocycles. The van der Waals surface area contributed by atoms with Crippen molar-refractivity contribution in [3.63, 3.8) is 0 Å². The van der Waals surface area contributed by atoms with Gasteiger partial charge in [0.2, 0.25) is 23.6 Å². The summed E-state index contributed by atoms with van der Waals surface area (Å²) < 4.78 is 32.5. The topological polar surface area (TPSA) is 156 Å². The lowest BCUT2D eigenvalue weighted by atomic mass is 9.89. The van der Waals surface area contributed by atoms with Crippen LogP contribution in [-0.4, -0.2) is 122 Å². The van der Waals surface area contributed by atoms with E-state index in [2.05, 4.69) is 16.0 Å². The molecule has 59 heavy (non-hydrogen) atoms. The Morgan fingerprint density at radius 1 is 0.932 bits per heavy atom. The van der Waals surface area contributed by atoms with Crippen LogP contribution in [0.25, 0.3) is 0 Å². The number of hydrogen-bond donors (Lipinski definition) is 3. The molecule has 0 bridgehead atoms. The number of nitrogens with zero attached hydrogens (tertiary/aromatic N) is 2. The number of esters is 1. The number of methoxy groups -OCH3 is 2. The minimum absolute atomic E-state index is 0.0105. The summed E-state index contributed by atoms with van der Waals surface area (Å²) in [6.45, 7) is 19.1. The molecule has 2 aliphatic rings. The lowest BCUT2D eigenvalue weighted by Crippen LogP contribution is -2.59. The van der Waals surface area contributed by atoms with E-state index >= 15 is 0 Å². The molecule has 1 heterocycles. The number of benzene rings is 1. The van der Waals surface area contributed by atoms with Crippen LogP contribution in [0.2, 0.25) is 0 Å². The molecular formula is C45H74FN5O8. The normalized spacial score (nSPS) is 20.3. The van der Waals surface area contributed by atoms with E-state index < -0.39 is 71.6 Å². The molecule has 1 aliphatic carbocycles. The molecular weight excluding hydrogens is 758 g/mol. The number of ether oxygens (including phenoxy) is 3. The van der Waals surface area contributed by atoms with E-state index in [-0.39, 0.29) is 59.3 Å². The van der Waals surface area contributed by atoms with Gasteiger partial charge in [0.05, 0.1) is 42.7 Å². The molecule has 4 amide bonds. The lowest BCUT2D eigenvalue weighted by molar-refractivity contribution is -0.159. The molecule has 1 saturated carbocycles. The average Bonchev–Trinajstić information content (AvgIpc) is 3.82. The Labute approximate surface area is 352 Å². The minimum atomic E-state index is -1.17. The number of halogens is 1. The van der Waals surface area contributed by atoms with Crippen LogP contribution in [0.4, 0.5) is 4.39 Å². The first kappa shape index (κ1) is 49.7. The van der Waals surface area contributed by atoms with Gasteiger partial charge >= 0.3 is 5.97 Å². The maximum absolute atomic E-state index is 14.8. The predicted octanol–water partition coefficient (Wildman–Crippen LogP) is 4.89. The standard InChI is InChI=1S/C45H74FN5O8/c1-15-28(6)38(50(12)42(55)37(27(4)5)49-41(54)36(47-11)26(2)3)34(57-13)23-35(52)51-25-45(20-21-45)24-33(51)39(58-14)29(7)40(53)48-32(43(56)59-44(8,9)10)22-30-18-16-17-19-31(30)46/h16-19,26-29,32-34,36-39,47H,15,20-25H2,1-14H3,(H,48,53)(H,49,54)/t28-,29+,32-,33-,34+,36-,37-,38-,39+/m0/s1. The molecule has 334 valence electrons. The van der Waals surface area contributed by atoms with E-state index in [9.17, 15) is 28.4 Å². The average molecular weight is 832 g/mol. The summed E-state index contributed by atoms with van der Waals surface area (Å²) in [4.78, 5) is 73.0. The Morgan fingerprint density at radius 3 is 2.03 bits per heavy atom. The van der Waals surface area contributed by atoms with E-state index in [4.69, 9.17) is 14.2 Å². The van der Waals surface area contributed by atoms with Crippen LogP contribution in [-0.2, 0) is 44.6 Å². The van der Waals surface area contributed by atoms with Gasteiger partial charge in [-0.15, -0.1) is 0 Å². The van der Waals surface area contributed by atoms with Crippen molar-refractivity contribution >= 4 is 29.6 Å². The zero-order chi connectivity index (χ0) is 44.6. The molecule has 1 aromatic rings. The van der Waals surface area contributed by atoms with Crippen LogP contribution in [0.3, 0.4) is 0 Å². The number of likely N-dealkylation sites (N-methyl/N-ethyl adjacent to an activating group) is 2. The molecule has 3 N–H and O–H groups in total. The molecule has 0 radical (unpaired) electrons. The van der Waals surface area contributed by atoms with E-state index in [1.54, 1.807) is 72.0 Å². The van der Waals surface area contributed by atoms with Crippen molar-refractivity contribution < 1.29 is 42.6 Å². The summed E-state index contributed by atoms with van der Waals surface area (Å²) in [7, 11) is 6.50. The quantitative estimate of drug-likeness (QED) is 0.147. The highest BCUT2D eigenvalue weighted by molar-refractivity contribution is 5.90. The maximum Gasteiger partial charge on any atom is 0.329 e. The first-order chi connectivity index (χ1) is 27.5. The van der Waals surface area contributed by atoms with E-state index in [0.29, 0.717) is 19.4 Å². The molecule has 1 aliphatic heterocycles. The number of carbonyl (C=O) groups excluding carboxylic acids is 5. The van der Waals surface area contributed by atoms with Crippen LogP contribution >= 0.6 is 0 Å². The van der Waals surface area contributed by atoms with Crippen LogP contribution in [0.5, 0.6) is 0 Å². The fourth-order valence-corrected chi connectivity index (χ4v) is 8.56. The van der Waals surface area contributed by atoms with Gasteiger partial charge in [-0.2, -0.15) is 0 Å². The highest BCUT2D eigenvalue weighted by atomic mass is 19.1. The van der Waals surface area contributed by atoms with Crippen molar-refractivity contribution in [2.75, 3.05) is 34.9 Å². The van der Waals surface area contributed by atoms with E-state index in [1.165, 1.54) is 13.2 Å². The molecule has 13 nitrogen and oxygen atoms in total. The van der Waals surface area contributed by atoms with Gasteiger partial charge in [0.25, 0.3) is 0 Å². The van der Waals surface area contributed by atoms with Gasteiger partial charge in [-0.05, 0) is 81.9 Å². The third-order valence-corrected chi connectivity index (χ3v) is 12.3. The first-order valence-corrected chi connectivity index (χ1v) is 21.4. The third kappa shape index (κ3) is 12.9. The SMILES string of the molecule is CC[C@H](C)[C@@H]([C@@H](CC(=O)N1CC2(CC2)C[C@H]1[C@H](OC)[C@@H](C)C(=O)N[C@@H](Cc1ccccc1F)C(=O)OC(C)(C)C)OC)N(C)C(=O)[C@@H](NC(=O)[C@@H](NC)C(C)C)C(C)C. The second-order valence-electron chi connectivity index (χ2n) is 18.7. The Balaban J connectivity index is 1.87. The van der Waals surface area contributed by atoms with Gasteiger partial charge in [0.15, 0.2) is 0 Å². The number of hydrogen-bond acceptors (Lipinski definition) is 9. The van der Waals surface area contributed by atoms with E-state index in [0.717, 1.165) is 12.8 Å². The van der Waals surface area contributed by atoms with Crippen LogP contribution in [0.1, 0.15) is 107 Å². The third-order valence-electron chi connectivity index (χ3n) is 12.3. The molecule has 1 saturated heterocycles. The highest BCUT2D eigenvalue weighted by Crippen LogP contribution is 2.56. The smallest absolute Gasteiger partial charge is 0.329 e. The Hall–Kier alpha value is -3.62. The van der Waals surface area contributed by atoms with Gasteiger partial charge < -0.3 is 40.0 Å². The molecule has 0 aromatic heterocycles. The summed E-state index contributed by atoms with van der Waals surface area (Å²) in [6.07, 6.45) is 1.70. The van der Waals surface area contributed by atoms with Crippen molar-refractivity contribution in [3.05, 3.63) is 35.6 Å².